The Kier molecular flexibility index (Phi) is 3.68. The maximum atomic E-state index is 2.49. The highest BCUT2D eigenvalue weighted by molar-refractivity contribution is 5.37. The van der Waals surface area contributed by atoms with Gasteiger partial charge in [0.25, 0.3) is 0 Å². The quantitative estimate of drug-likeness (QED) is 0.610. The van der Waals surface area contributed by atoms with Crippen LogP contribution in [0.5, 0.6) is 0 Å². The van der Waals surface area contributed by atoms with Crippen molar-refractivity contribution in [1.29, 1.82) is 0 Å². The van der Waals surface area contributed by atoms with Gasteiger partial charge >= 0.3 is 0 Å². The van der Waals surface area contributed by atoms with Crippen molar-refractivity contribution in [2.45, 2.75) is 58.8 Å². The van der Waals surface area contributed by atoms with Gasteiger partial charge in [0.05, 0.1) is 0 Å². The van der Waals surface area contributed by atoms with Crippen LogP contribution in [0, 0.1) is 5.41 Å². The molecule has 0 aliphatic heterocycles. The second kappa shape index (κ2) is 5.03. The van der Waals surface area contributed by atoms with Crippen LogP contribution in [-0.4, -0.2) is 0 Å². The fourth-order valence-electron chi connectivity index (χ4n) is 3.19. The van der Waals surface area contributed by atoms with Crippen molar-refractivity contribution >= 4 is 0 Å². The molecule has 88 valence electrons. The number of hydrogen-bond acceptors (Lipinski definition) is 0. The largest absolute Gasteiger partial charge is 0.0805 e. The summed E-state index contributed by atoms with van der Waals surface area (Å²) in [7, 11) is 0. The molecule has 0 amide bonds. The highest BCUT2D eigenvalue weighted by atomic mass is 14.4. The molecule has 2 aliphatic rings. The van der Waals surface area contributed by atoms with Crippen LogP contribution >= 0.6 is 0 Å². The molecule has 0 saturated heterocycles. The zero-order valence-electron chi connectivity index (χ0n) is 10.8. The summed E-state index contributed by atoms with van der Waals surface area (Å²) in [6, 6.07) is 0. The first-order valence-electron chi connectivity index (χ1n) is 6.87. The second-order valence-electron chi connectivity index (χ2n) is 5.25. The highest BCUT2D eigenvalue weighted by Gasteiger charge is 2.34. The monoisotopic (exact) mass is 216 g/mol. The Morgan fingerprint density at radius 3 is 2.56 bits per heavy atom. The molecule has 0 bridgehead atoms. The van der Waals surface area contributed by atoms with Gasteiger partial charge in [0.1, 0.15) is 0 Å². The molecule has 0 N–H and O–H groups in total. The molecule has 0 atom stereocenters. The summed E-state index contributed by atoms with van der Waals surface area (Å²) in [5, 5.41) is 0. The summed E-state index contributed by atoms with van der Waals surface area (Å²) in [6.07, 6.45) is 18.7. The Bertz CT molecular complexity index is 322. The Morgan fingerprint density at radius 1 is 1.19 bits per heavy atom. The molecule has 0 radical (unpaired) electrons. The average Bonchev–Trinajstić information content (AvgIpc) is 2.68. The summed E-state index contributed by atoms with van der Waals surface area (Å²) < 4.78 is 0. The third-order valence-electron chi connectivity index (χ3n) is 4.46. The van der Waals surface area contributed by atoms with Crippen molar-refractivity contribution in [2.75, 3.05) is 0 Å². The van der Waals surface area contributed by atoms with Gasteiger partial charge in [0.15, 0.2) is 0 Å². The predicted molar refractivity (Wildman–Crippen MR) is 71.4 cm³/mol. The zero-order chi connectivity index (χ0) is 11.4. The first-order valence-corrected chi connectivity index (χ1v) is 6.87. The first kappa shape index (κ1) is 11.7. The van der Waals surface area contributed by atoms with Crippen LogP contribution in [0.2, 0.25) is 0 Å². The van der Waals surface area contributed by atoms with Crippen LogP contribution in [0.3, 0.4) is 0 Å². The van der Waals surface area contributed by atoms with Gasteiger partial charge in [-0.25, -0.2) is 0 Å². The normalized spacial score (nSPS) is 23.9. The lowest BCUT2D eigenvalue weighted by Gasteiger charge is -2.29. The minimum absolute atomic E-state index is 0.509. The highest BCUT2D eigenvalue weighted by Crippen LogP contribution is 2.48. The summed E-state index contributed by atoms with van der Waals surface area (Å²) in [5.74, 6) is 0. The van der Waals surface area contributed by atoms with E-state index in [1.165, 1.54) is 38.5 Å². The van der Waals surface area contributed by atoms with E-state index in [0.29, 0.717) is 5.41 Å². The summed E-state index contributed by atoms with van der Waals surface area (Å²) in [4.78, 5) is 0. The van der Waals surface area contributed by atoms with E-state index in [4.69, 9.17) is 0 Å². The molecule has 2 rings (SSSR count). The van der Waals surface area contributed by atoms with E-state index in [2.05, 4.69) is 38.2 Å². The van der Waals surface area contributed by atoms with E-state index in [9.17, 15) is 0 Å². The molecule has 0 aromatic carbocycles. The minimum Gasteiger partial charge on any atom is -0.0805 e. The van der Waals surface area contributed by atoms with Gasteiger partial charge in [0, 0.05) is 0 Å². The lowest BCUT2D eigenvalue weighted by Crippen LogP contribution is -2.17. The molecule has 1 fully saturated rings. The fraction of sp³-hybridized carbons (Fsp3) is 0.625. The first-order chi connectivity index (χ1) is 7.80. The molecule has 1 saturated carbocycles. The predicted octanol–water partition coefficient (Wildman–Crippen LogP) is 5.18. The van der Waals surface area contributed by atoms with E-state index in [1.54, 1.807) is 11.1 Å². The molecule has 2 aliphatic carbocycles. The number of allylic oxidation sites excluding steroid dienone is 6. The van der Waals surface area contributed by atoms with Crippen molar-refractivity contribution < 1.29 is 0 Å². The van der Waals surface area contributed by atoms with Crippen molar-refractivity contribution in [1.82, 2.24) is 0 Å². The third-order valence-corrected chi connectivity index (χ3v) is 4.46. The maximum absolute atomic E-state index is 2.49. The molecule has 0 heteroatoms. The topological polar surface area (TPSA) is 0 Å². The number of rotatable bonds is 3. The van der Waals surface area contributed by atoms with Gasteiger partial charge in [-0.05, 0) is 43.1 Å². The van der Waals surface area contributed by atoms with Crippen molar-refractivity contribution in [3.8, 4) is 0 Å². The molecule has 0 aromatic rings. The Hall–Kier alpha value is -0.780. The van der Waals surface area contributed by atoms with Gasteiger partial charge in [0.2, 0.25) is 0 Å². The van der Waals surface area contributed by atoms with E-state index in [1.807, 2.05) is 0 Å². The van der Waals surface area contributed by atoms with Crippen LogP contribution in [-0.2, 0) is 0 Å². The molecular weight excluding hydrogens is 192 g/mol. The van der Waals surface area contributed by atoms with E-state index >= 15 is 0 Å². The summed E-state index contributed by atoms with van der Waals surface area (Å²) in [6.45, 7) is 4.64. The number of hydrogen-bond donors (Lipinski definition) is 0. The molecular formula is C16H24. The third kappa shape index (κ3) is 2.16. The second-order valence-corrected chi connectivity index (χ2v) is 5.25. The van der Waals surface area contributed by atoms with E-state index in [-0.39, 0.29) is 0 Å². The van der Waals surface area contributed by atoms with Crippen LogP contribution in [0.15, 0.2) is 35.5 Å². The minimum atomic E-state index is 0.509. The smallest absolute Gasteiger partial charge is 0.00496 e. The van der Waals surface area contributed by atoms with Crippen LogP contribution in [0.4, 0.5) is 0 Å². The SMILES string of the molecule is CCC1=CC(C2(CC)CCCC2)=CC=CC1. The molecule has 0 aromatic heterocycles. The lowest BCUT2D eigenvalue weighted by atomic mass is 9.75. The molecule has 0 heterocycles. The van der Waals surface area contributed by atoms with E-state index in [0.717, 1.165) is 6.42 Å². The average molecular weight is 216 g/mol. The summed E-state index contributed by atoms with van der Waals surface area (Å²) in [5.41, 5.74) is 3.72. The maximum Gasteiger partial charge on any atom is -0.00496 e. The van der Waals surface area contributed by atoms with Gasteiger partial charge in [-0.1, -0.05) is 56.6 Å². The lowest BCUT2D eigenvalue weighted by molar-refractivity contribution is 0.362. The molecule has 0 nitrogen and oxygen atoms in total. The van der Waals surface area contributed by atoms with E-state index < -0.39 is 0 Å². The van der Waals surface area contributed by atoms with Crippen LogP contribution < -0.4 is 0 Å². The molecule has 0 unspecified atom stereocenters. The van der Waals surface area contributed by atoms with Gasteiger partial charge in [-0.15, -0.1) is 0 Å². The molecule has 16 heavy (non-hydrogen) atoms. The Labute approximate surface area is 100 Å². The Balaban J connectivity index is 2.30. The van der Waals surface area contributed by atoms with Crippen molar-refractivity contribution in [3.05, 3.63) is 35.5 Å². The van der Waals surface area contributed by atoms with Crippen molar-refractivity contribution in [3.63, 3.8) is 0 Å². The van der Waals surface area contributed by atoms with Gasteiger partial charge in [-0.2, -0.15) is 0 Å². The van der Waals surface area contributed by atoms with Crippen LogP contribution in [0.25, 0.3) is 0 Å². The summed E-state index contributed by atoms with van der Waals surface area (Å²) >= 11 is 0. The van der Waals surface area contributed by atoms with Crippen LogP contribution in [0.1, 0.15) is 58.8 Å². The fourth-order valence-corrected chi connectivity index (χ4v) is 3.19. The standard InChI is InChI=1S/C16H24/c1-3-14-9-5-6-10-15(13-14)16(4-2)11-7-8-12-16/h5-6,10,13H,3-4,7-9,11-12H2,1-2H3. The van der Waals surface area contributed by atoms with Gasteiger partial charge < -0.3 is 0 Å². The Morgan fingerprint density at radius 2 is 1.94 bits per heavy atom. The van der Waals surface area contributed by atoms with Gasteiger partial charge in [-0.3, -0.25) is 0 Å². The molecule has 0 spiro atoms. The van der Waals surface area contributed by atoms with Crippen molar-refractivity contribution in [2.24, 2.45) is 5.41 Å². The zero-order valence-corrected chi connectivity index (χ0v) is 10.8.